The van der Waals surface area contributed by atoms with Crippen molar-refractivity contribution in [1.29, 1.82) is 0 Å². The van der Waals surface area contributed by atoms with Gasteiger partial charge in [0, 0.05) is 11.8 Å². The largest absolute Gasteiger partial charge is 0.507 e. The molecule has 5 heteroatoms. The molecule has 0 aliphatic carbocycles. The molecule has 0 unspecified atom stereocenters. The van der Waals surface area contributed by atoms with E-state index in [-0.39, 0.29) is 16.7 Å². The van der Waals surface area contributed by atoms with E-state index >= 15 is 0 Å². The molecule has 3 aromatic rings. The molecule has 0 bridgehead atoms. The molecule has 1 heterocycles. The maximum atomic E-state index is 11.0. The predicted octanol–water partition coefficient (Wildman–Crippen LogP) is 5.24. The number of nitrogens with zero attached hydrogens (tertiary/aromatic N) is 1. The van der Waals surface area contributed by atoms with Crippen molar-refractivity contribution >= 4 is 5.97 Å². The van der Waals surface area contributed by atoms with Crippen molar-refractivity contribution in [3.63, 3.8) is 0 Å². The topological polar surface area (TPSA) is 79.7 Å². The van der Waals surface area contributed by atoms with Crippen LogP contribution >= 0.6 is 0 Å². The molecule has 5 nitrogen and oxygen atoms in total. The Bertz CT molecular complexity index is 972. The number of phenols is 1. The fourth-order valence-electron chi connectivity index (χ4n) is 2.68. The van der Waals surface area contributed by atoms with Crippen LogP contribution in [-0.2, 0) is 5.41 Å². The Morgan fingerprint density at radius 2 is 1.63 bits per heavy atom. The lowest BCUT2D eigenvalue weighted by molar-refractivity contribution is 0.0694. The molecule has 138 valence electrons. The third-order valence-corrected chi connectivity index (χ3v) is 4.23. The molecule has 0 saturated carbocycles. The minimum Gasteiger partial charge on any atom is -0.507 e. The van der Waals surface area contributed by atoms with Crippen LogP contribution in [-0.4, -0.2) is 21.2 Å². The number of hydrogen-bond donors (Lipinski definition) is 2. The highest BCUT2D eigenvalue weighted by molar-refractivity contribution is 5.91. The first kappa shape index (κ1) is 18.5. The summed E-state index contributed by atoms with van der Waals surface area (Å²) in [5.74, 6) is -0.208. The molecule has 1 aromatic heterocycles. The zero-order valence-corrected chi connectivity index (χ0v) is 15.4. The van der Waals surface area contributed by atoms with Gasteiger partial charge in [-0.2, -0.15) is 0 Å². The Balaban J connectivity index is 1.84. The van der Waals surface area contributed by atoms with Crippen LogP contribution in [0, 0.1) is 0 Å². The van der Waals surface area contributed by atoms with Crippen LogP contribution in [0.25, 0.3) is 11.1 Å². The Morgan fingerprint density at radius 3 is 2.22 bits per heavy atom. The molecular formula is C22H21NO4. The van der Waals surface area contributed by atoms with E-state index in [1.165, 1.54) is 17.7 Å². The fraction of sp³-hybridized carbons (Fsp3) is 0.182. The molecule has 0 fully saturated rings. The highest BCUT2D eigenvalue weighted by Crippen LogP contribution is 2.31. The summed E-state index contributed by atoms with van der Waals surface area (Å²) in [6.45, 7) is 6.46. The molecule has 3 rings (SSSR count). The number of pyridine rings is 1. The van der Waals surface area contributed by atoms with Crippen LogP contribution in [0.1, 0.15) is 36.7 Å². The summed E-state index contributed by atoms with van der Waals surface area (Å²) in [5.41, 5.74) is 2.52. The summed E-state index contributed by atoms with van der Waals surface area (Å²) in [7, 11) is 0. The monoisotopic (exact) mass is 363 g/mol. The summed E-state index contributed by atoms with van der Waals surface area (Å²) in [5, 5.41) is 18.9. The van der Waals surface area contributed by atoms with Crippen LogP contribution in [0.15, 0.2) is 60.9 Å². The molecule has 0 atom stereocenters. The number of rotatable bonds is 4. The van der Waals surface area contributed by atoms with Gasteiger partial charge in [0.15, 0.2) is 0 Å². The maximum Gasteiger partial charge on any atom is 0.339 e. The van der Waals surface area contributed by atoms with Crippen molar-refractivity contribution in [2.24, 2.45) is 0 Å². The lowest BCUT2D eigenvalue weighted by atomic mass is 9.87. The summed E-state index contributed by atoms with van der Waals surface area (Å²) < 4.78 is 5.88. The molecule has 0 saturated heterocycles. The second-order valence-corrected chi connectivity index (χ2v) is 7.32. The molecule has 0 amide bonds. The zero-order valence-electron chi connectivity index (χ0n) is 15.4. The van der Waals surface area contributed by atoms with Gasteiger partial charge in [-0.1, -0.05) is 39.0 Å². The van der Waals surface area contributed by atoms with Crippen molar-refractivity contribution in [3.8, 4) is 28.4 Å². The third-order valence-electron chi connectivity index (χ3n) is 4.23. The number of hydrogen-bond acceptors (Lipinski definition) is 4. The van der Waals surface area contributed by atoms with E-state index in [2.05, 4.69) is 25.8 Å². The maximum absolute atomic E-state index is 11.0. The first-order valence-corrected chi connectivity index (χ1v) is 8.54. The quantitative estimate of drug-likeness (QED) is 0.662. The molecule has 0 spiro atoms. The summed E-state index contributed by atoms with van der Waals surface area (Å²) >= 11 is 0. The lowest BCUT2D eigenvalue weighted by Crippen LogP contribution is -2.10. The van der Waals surface area contributed by atoms with Crippen molar-refractivity contribution in [2.75, 3.05) is 0 Å². The van der Waals surface area contributed by atoms with Gasteiger partial charge in [0.2, 0.25) is 0 Å². The number of carbonyl (C=O) groups is 1. The van der Waals surface area contributed by atoms with E-state index < -0.39 is 5.97 Å². The van der Waals surface area contributed by atoms with Crippen molar-refractivity contribution in [2.45, 2.75) is 26.2 Å². The highest BCUT2D eigenvalue weighted by Gasteiger charge is 2.14. The van der Waals surface area contributed by atoms with Gasteiger partial charge in [-0.25, -0.2) is 4.79 Å². The average molecular weight is 363 g/mol. The van der Waals surface area contributed by atoms with Crippen molar-refractivity contribution in [3.05, 3.63) is 72.1 Å². The first-order valence-electron chi connectivity index (χ1n) is 8.54. The lowest BCUT2D eigenvalue weighted by Gasteiger charge is -2.19. The molecular weight excluding hydrogens is 342 g/mol. The Kier molecular flexibility index (Phi) is 4.86. The summed E-state index contributed by atoms with van der Waals surface area (Å²) in [4.78, 5) is 15.2. The zero-order chi connectivity index (χ0) is 19.6. The second-order valence-electron chi connectivity index (χ2n) is 7.32. The second kappa shape index (κ2) is 7.11. The molecule has 0 aliphatic rings. The summed E-state index contributed by atoms with van der Waals surface area (Å²) in [6, 6.07) is 14.1. The molecule has 2 aromatic carbocycles. The average Bonchev–Trinajstić information content (AvgIpc) is 2.61. The molecule has 2 N–H and O–H groups in total. The number of aromatic carboxylic acids is 1. The van der Waals surface area contributed by atoms with Gasteiger partial charge < -0.3 is 14.9 Å². The molecule has 27 heavy (non-hydrogen) atoms. The number of benzene rings is 2. The Labute approximate surface area is 157 Å². The van der Waals surface area contributed by atoms with Crippen LogP contribution in [0.2, 0.25) is 0 Å². The normalized spacial score (nSPS) is 11.2. The minimum absolute atomic E-state index is 0.0735. The van der Waals surface area contributed by atoms with Gasteiger partial charge in [-0.3, -0.25) is 4.98 Å². The van der Waals surface area contributed by atoms with Gasteiger partial charge >= 0.3 is 5.97 Å². The van der Waals surface area contributed by atoms with Gasteiger partial charge in [0.1, 0.15) is 22.8 Å². The number of carboxylic acids is 1. The number of ether oxygens (including phenoxy) is 1. The summed E-state index contributed by atoms with van der Waals surface area (Å²) in [6.07, 6.45) is 3.23. The van der Waals surface area contributed by atoms with Crippen molar-refractivity contribution in [1.82, 2.24) is 4.98 Å². The van der Waals surface area contributed by atoms with E-state index in [1.54, 1.807) is 24.5 Å². The van der Waals surface area contributed by atoms with Crippen LogP contribution in [0.4, 0.5) is 0 Å². The first-order chi connectivity index (χ1) is 12.7. The Morgan fingerprint density at radius 1 is 0.926 bits per heavy atom. The fourth-order valence-corrected chi connectivity index (χ4v) is 2.68. The number of aromatic hydroxyl groups is 1. The number of aromatic nitrogens is 1. The van der Waals surface area contributed by atoms with Gasteiger partial charge in [0.25, 0.3) is 0 Å². The minimum atomic E-state index is -1.17. The smallest absolute Gasteiger partial charge is 0.339 e. The van der Waals surface area contributed by atoms with Crippen LogP contribution in [0.3, 0.4) is 0 Å². The van der Waals surface area contributed by atoms with E-state index in [0.29, 0.717) is 22.6 Å². The number of carboxylic acid groups (broad SMARTS) is 1. The van der Waals surface area contributed by atoms with Gasteiger partial charge in [-0.15, -0.1) is 0 Å². The van der Waals surface area contributed by atoms with E-state index in [0.717, 1.165) is 0 Å². The Hall–Kier alpha value is -3.34. The third kappa shape index (κ3) is 4.26. The van der Waals surface area contributed by atoms with Gasteiger partial charge in [0.05, 0.1) is 6.20 Å². The van der Waals surface area contributed by atoms with Crippen LogP contribution < -0.4 is 4.74 Å². The predicted molar refractivity (Wildman–Crippen MR) is 104 cm³/mol. The van der Waals surface area contributed by atoms with Crippen molar-refractivity contribution < 1.29 is 19.7 Å². The van der Waals surface area contributed by atoms with E-state index in [1.807, 2.05) is 24.3 Å². The van der Waals surface area contributed by atoms with Gasteiger partial charge in [-0.05, 0) is 46.9 Å². The van der Waals surface area contributed by atoms with E-state index in [4.69, 9.17) is 9.84 Å². The SMILES string of the molecule is CC(C)(C)c1ccc(Oc2cncc(-c3ccc(C(=O)O)c(O)c3)c2)cc1. The molecule has 0 radical (unpaired) electrons. The highest BCUT2D eigenvalue weighted by atomic mass is 16.5. The standard InChI is InChI=1S/C22H21NO4/c1-22(2,3)16-5-7-17(8-6-16)27-18-10-15(12-23-13-18)14-4-9-19(21(25)26)20(24)11-14/h4-13,24H,1-3H3,(H,25,26). The molecule has 0 aliphatic heterocycles. The van der Waals surface area contributed by atoms with Crippen LogP contribution in [0.5, 0.6) is 17.2 Å². The van der Waals surface area contributed by atoms with E-state index in [9.17, 15) is 9.90 Å².